The summed E-state index contributed by atoms with van der Waals surface area (Å²) >= 11 is 0. The highest BCUT2D eigenvalue weighted by Gasteiger charge is 2.32. The molecule has 15 nitrogen and oxygen atoms in total. The van der Waals surface area contributed by atoms with Crippen molar-refractivity contribution in [2.45, 2.75) is 64.5 Å². The lowest BCUT2D eigenvalue weighted by atomic mass is 10.0. The summed E-state index contributed by atoms with van der Waals surface area (Å²) in [5, 5.41) is 6.37. The molecule has 46 heavy (non-hydrogen) atoms. The third-order valence-electron chi connectivity index (χ3n) is 8.88. The van der Waals surface area contributed by atoms with Crippen LogP contribution in [0, 0.1) is 6.92 Å². The maximum absolute atomic E-state index is 13.5. The Morgan fingerprint density at radius 2 is 1.72 bits per heavy atom. The predicted octanol–water partition coefficient (Wildman–Crippen LogP) is 2.83. The minimum Gasteiger partial charge on any atom is -0.381 e. The molecular weight excluding hydrogens is 616 g/mol. The van der Waals surface area contributed by atoms with Crippen LogP contribution in [0.4, 0.5) is 22.2 Å². The van der Waals surface area contributed by atoms with Crippen LogP contribution in [0.15, 0.2) is 29.3 Å². The van der Waals surface area contributed by atoms with E-state index in [1.54, 1.807) is 30.0 Å². The number of pyridine rings is 2. The number of piperazine rings is 1. The van der Waals surface area contributed by atoms with Gasteiger partial charge in [0, 0.05) is 63.1 Å². The monoisotopic (exact) mass is 654 g/mol. The molecule has 5 heterocycles. The molecule has 2 aliphatic heterocycles. The van der Waals surface area contributed by atoms with Crippen LogP contribution in [0.2, 0.25) is 0 Å². The SMILES string of the molecule is CC(=O)c1c(C)c2cnc(Nc3ccc(N4CCN(S(=O)(=O)OC(=O)NC5CCOCC5)CC4)cn3)nc2n(C2CCCC2)c1=O. The van der Waals surface area contributed by atoms with Crippen molar-refractivity contribution in [3.8, 4) is 0 Å². The Balaban J connectivity index is 1.11. The number of carbonyl (C=O) groups is 2. The standard InChI is InChI=1S/C30H38N8O7S/c1-19-24-18-32-29(35-27(24)38(22-5-3-4-6-22)28(40)26(19)20(2)39)34-25-8-7-23(17-31-25)36-11-13-37(14-12-36)46(42,43)45-30(41)33-21-9-15-44-16-10-21/h7-8,17-18,21-22H,3-6,9-16H2,1-2H3,(H,33,41)(H,31,32,34,35). The van der Waals surface area contributed by atoms with Gasteiger partial charge in [-0.25, -0.2) is 14.8 Å². The molecule has 0 bridgehead atoms. The van der Waals surface area contributed by atoms with Gasteiger partial charge >= 0.3 is 16.4 Å². The summed E-state index contributed by atoms with van der Waals surface area (Å²) in [6, 6.07) is 3.43. The van der Waals surface area contributed by atoms with Gasteiger partial charge in [-0.15, -0.1) is 0 Å². The molecule has 0 aromatic carbocycles. The van der Waals surface area contributed by atoms with E-state index in [1.807, 2.05) is 11.0 Å². The van der Waals surface area contributed by atoms with E-state index in [4.69, 9.17) is 13.9 Å². The van der Waals surface area contributed by atoms with Gasteiger partial charge in [-0.2, -0.15) is 17.7 Å². The maximum Gasteiger partial charge on any atom is 0.423 e. The van der Waals surface area contributed by atoms with Crippen LogP contribution in [0.3, 0.4) is 0 Å². The molecule has 3 fully saturated rings. The Bertz CT molecular complexity index is 1780. The topological polar surface area (TPSA) is 178 Å². The number of rotatable bonds is 8. The van der Waals surface area contributed by atoms with Crippen LogP contribution < -0.4 is 21.1 Å². The first kappa shape index (κ1) is 31.8. The Kier molecular flexibility index (Phi) is 9.20. The van der Waals surface area contributed by atoms with E-state index in [9.17, 15) is 22.8 Å². The number of ether oxygens (including phenoxy) is 1. The third-order valence-corrected chi connectivity index (χ3v) is 10.2. The lowest BCUT2D eigenvalue weighted by Crippen LogP contribution is -2.50. The normalized spacial score (nSPS) is 18.5. The van der Waals surface area contributed by atoms with Crippen molar-refractivity contribution in [1.82, 2.24) is 29.1 Å². The number of Topliss-reactive ketones (excluding diaryl/α,β-unsaturated/α-hetero) is 1. The zero-order valence-corrected chi connectivity index (χ0v) is 26.7. The molecular formula is C30H38N8O7S. The van der Waals surface area contributed by atoms with Gasteiger partial charge in [0.25, 0.3) is 5.56 Å². The Hall–Kier alpha value is -4.15. The van der Waals surface area contributed by atoms with Crippen molar-refractivity contribution in [3.05, 3.63) is 46.0 Å². The number of fused-ring (bicyclic) bond motifs is 1. The van der Waals surface area contributed by atoms with Crippen LogP contribution in [0.5, 0.6) is 0 Å². The molecule has 1 aliphatic carbocycles. The molecule has 2 N–H and O–H groups in total. The van der Waals surface area contributed by atoms with Crippen LogP contribution in [-0.2, 0) is 19.2 Å². The van der Waals surface area contributed by atoms with Crippen LogP contribution >= 0.6 is 0 Å². The average Bonchev–Trinajstić information content (AvgIpc) is 3.56. The molecule has 0 unspecified atom stereocenters. The van der Waals surface area contributed by atoms with E-state index in [0.29, 0.717) is 61.6 Å². The minimum absolute atomic E-state index is 0.0230. The van der Waals surface area contributed by atoms with Crippen LogP contribution in [-0.4, -0.2) is 89.6 Å². The number of aryl methyl sites for hydroxylation is 1. The second-order valence-electron chi connectivity index (χ2n) is 11.9. The minimum atomic E-state index is -4.23. The molecule has 0 spiro atoms. The molecule has 6 rings (SSSR count). The van der Waals surface area contributed by atoms with Gasteiger partial charge in [0.15, 0.2) is 5.78 Å². The largest absolute Gasteiger partial charge is 0.423 e. The van der Waals surface area contributed by atoms with E-state index in [1.165, 1.54) is 6.92 Å². The smallest absolute Gasteiger partial charge is 0.381 e. The molecule has 3 aromatic rings. The molecule has 0 radical (unpaired) electrons. The van der Waals surface area contributed by atoms with Crippen LogP contribution in [0.1, 0.15) is 67.4 Å². The number of amides is 1. The predicted molar refractivity (Wildman–Crippen MR) is 170 cm³/mol. The Morgan fingerprint density at radius 1 is 1.00 bits per heavy atom. The first-order chi connectivity index (χ1) is 22.1. The number of hydrogen-bond donors (Lipinski definition) is 2. The van der Waals surface area contributed by atoms with Crippen molar-refractivity contribution in [2.75, 3.05) is 49.6 Å². The number of hydrogen-bond acceptors (Lipinski definition) is 12. The van der Waals surface area contributed by atoms with Gasteiger partial charge in [-0.3, -0.25) is 14.2 Å². The summed E-state index contributed by atoms with van der Waals surface area (Å²) in [5.41, 5.74) is 1.74. The maximum atomic E-state index is 13.5. The number of aromatic nitrogens is 4. The van der Waals surface area contributed by atoms with E-state index in [2.05, 4.69) is 20.6 Å². The summed E-state index contributed by atoms with van der Waals surface area (Å²) in [6.07, 6.45) is 7.28. The van der Waals surface area contributed by atoms with Gasteiger partial charge in [-0.1, -0.05) is 12.8 Å². The highest BCUT2D eigenvalue weighted by molar-refractivity contribution is 7.84. The average molecular weight is 655 g/mol. The van der Waals surface area contributed by atoms with Gasteiger partial charge < -0.3 is 24.5 Å². The van der Waals surface area contributed by atoms with E-state index in [-0.39, 0.29) is 48.0 Å². The number of nitrogens with zero attached hydrogens (tertiary/aromatic N) is 6. The highest BCUT2D eigenvalue weighted by atomic mass is 32.2. The van der Waals surface area contributed by atoms with Crippen molar-refractivity contribution >= 4 is 50.7 Å². The lowest BCUT2D eigenvalue weighted by molar-refractivity contribution is 0.0777. The van der Waals surface area contributed by atoms with Crippen molar-refractivity contribution in [2.24, 2.45) is 0 Å². The number of anilines is 3. The van der Waals surface area contributed by atoms with Crippen molar-refractivity contribution in [1.29, 1.82) is 0 Å². The highest BCUT2D eigenvalue weighted by Crippen LogP contribution is 2.32. The summed E-state index contributed by atoms with van der Waals surface area (Å²) in [7, 11) is -4.23. The summed E-state index contributed by atoms with van der Waals surface area (Å²) in [5.74, 6) is 0.487. The summed E-state index contributed by atoms with van der Waals surface area (Å²) in [4.78, 5) is 53.7. The number of nitrogens with one attached hydrogen (secondary N) is 2. The number of ketones is 1. The van der Waals surface area contributed by atoms with Gasteiger partial charge in [0.1, 0.15) is 11.5 Å². The van der Waals surface area contributed by atoms with Gasteiger partial charge in [0.05, 0.1) is 17.4 Å². The van der Waals surface area contributed by atoms with Crippen molar-refractivity contribution in [3.63, 3.8) is 0 Å². The molecule has 246 valence electrons. The van der Waals surface area contributed by atoms with Gasteiger partial charge in [-0.05, 0) is 57.2 Å². The second-order valence-corrected chi connectivity index (χ2v) is 13.4. The summed E-state index contributed by atoms with van der Waals surface area (Å²) in [6.45, 7) is 5.23. The molecule has 2 saturated heterocycles. The molecule has 1 amide bonds. The number of carbonyl (C=O) groups excluding carboxylic acids is 2. The quantitative estimate of drug-likeness (QED) is 0.340. The molecule has 1 saturated carbocycles. The second kappa shape index (κ2) is 13.3. The Labute approximate surface area is 266 Å². The zero-order chi connectivity index (χ0) is 32.4. The third kappa shape index (κ3) is 6.69. The van der Waals surface area contributed by atoms with E-state index in [0.717, 1.165) is 35.7 Å². The van der Waals surface area contributed by atoms with E-state index >= 15 is 0 Å². The van der Waals surface area contributed by atoms with E-state index < -0.39 is 16.4 Å². The first-order valence-corrected chi connectivity index (χ1v) is 17.0. The Morgan fingerprint density at radius 3 is 2.37 bits per heavy atom. The molecule has 3 aromatic heterocycles. The fourth-order valence-corrected chi connectivity index (χ4v) is 7.38. The van der Waals surface area contributed by atoms with Gasteiger partial charge in [0.2, 0.25) is 5.95 Å². The van der Waals surface area contributed by atoms with Crippen molar-refractivity contribution < 1.29 is 26.9 Å². The molecule has 0 atom stereocenters. The summed E-state index contributed by atoms with van der Waals surface area (Å²) < 4.78 is 38.3. The van der Waals surface area contributed by atoms with Crippen LogP contribution in [0.25, 0.3) is 11.0 Å². The molecule has 3 aliphatic rings. The lowest BCUT2D eigenvalue weighted by Gasteiger charge is -2.34. The fraction of sp³-hybridized carbons (Fsp3) is 0.533. The molecule has 16 heteroatoms. The zero-order valence-electron chi connectivity index (χ0n) is 25.9. The first-order valence-electron chi connectivity index (χ1n) is 15.6. The fourth-order valence-electron chi connectivity index (χ4n) is 6.42.